The van der Waals surface area contributed by atoms with E-state index in [1.807, 2.05) is 0 Å². The van der Waals surface area contributed by atoms with Gasteiger partial charge in [0, 0.05) is 19.0 Å². The molecule has 2 rings (SSSR count). The summed E-state index contributed by atoms with van der Waals surface area (Å²) in [4.78, 5) is 6.95. The van der Waals surface area contributed by atoms with E-state index >= 15 is 0 Å². The maximum atomic E-state index is 4.64. The van der Waals surface area contributed by atoms with Crippen LogP contribution in [-0.4, -0.2) is 41.4 Å². The Balaban J connectivity index is 1.85. The minimum Gasteiger partial charge on any atom is -0.340 e. The van der Waals surface area contributed by atoms with Crippen molar-refractivity contribution in [2.45, 2.75) is 46.0 Å². The van der Waals surface area contributed by atoms with Gasteiger partial charge in [-0.25, -0.2) is 0 Å². The van der Waals surface area contributed by atoms with Gasteiger partial charge in [-0.1, -0.05) is 20.8 Å². The largest absolute Gasteiger partial charge is 0.340 e. The number of hydrogen-bond donors (Lipinski definition) is 2. The summed E-state index contributed by atoms with van der Waals surface area (Å²) >= 11 is 0. The third kappa shape index (κ3) is 3.69. The number of anilines is 1. The van der Waals surface area contributed by atoms with Crippen LogP contribution in [0.5, 0.6) is 0 Å². The lowest BCUT2D eigenvalue weighted by atomic mass is 9.97. The van der Waals surface area contributed by atoms with Crippen LogP contribution in [0.3, 0.4) is 0 Å². The Hall–Kier alpha value is -1.10. The molecule has 0 radical (unpaired) electrons. The Morgan fingerprint density at radius 3 is 2.74 bits per heavy atom. The second-order valence-electron chi connectivity index (χ2n) is 5.57. The fourth-order valence-electron chi connectivity index (χ4n) is 2.51. The van der Waals surface area contributed by atoms with Crippen LogP contribution in [0.15, 0.2) is 0 Å². The third-order valence-corrected chi connectivity index (χ3v) is 4.15. The van der Waals surface area contributed by atoms with Crippen LogP contribution in [-0.2, 0) is 0 Å². The van der Waals surface area contributed by atoms with Crippen LogP contribution in [0, 0.1) is 5.92 Å². The van der Waals surface area contributed by atoms with Gasteiger partial charge in [-0.2, -0.15) is 4.98 Å². The molecule has 0 saturated carbocycles. The van der Waals surface area contributed by atoms with E-state index in [1.165, 1.54) is 12.8 Å². The molecule has 2 N–H and O–H groups in total. The van der Waals surface area contributed by atoms with E-state index in [0.29, 0.717) is 5.92 Å². The molecule has 0 bridgehead atoms. The Bertz CT molecular complexity index is 368. The molecule has 5 nitrogen and oxygen atoms in total. The highest BCUT2D eigenvalue weighted by atomic mass is 15.4. The maximum Gasteiger partial charge on any atom is 0.244 e. The molecule has 2 heterocycles. The van der Waals surface area contributed by atoms with Crippen molar-refractivity contribution in [3.05, 3.63) is 5.82 Å². The van der Waals surface area contributed by atoms with Gasteiger partial charge in [0.2, 0.25) is 5.95 Å². The van der Waals surface area contributed by atoms with Gasteiger partial charge in [0.1, 0.15) is 5.82 Å². The van der Waals surface area contributed by atoms with Crippen molar-refractivity contribution in [2.75, 3.05) is 31.1 Å². The van der Waals surface area contributed by atoms with Crippen molar-refractivity contribution in [1.82, 2.24) is 20.5 Å². The molecule has 108 valence electrons. The summed E-state index contributed by atoms with van der Waals surface area (Å²) in [5.74, 6) is 3.18. The first-order chi connectivity index (χ1) is 9.24. The van der Waals surface area contributed by atoms with Crippen LogP contribution >= 0.6 is 0 Å². The zero-order valence-electron chi connectivity index (χ0n) is 12.4. The quantitative estimate of drug-likeness (QED) is 0.827. The number of nitrogens with zero attached hydrogens (tertiary/aromatic N) is 3. The number of nitrogens with one attached hydrogen (secondary N) is 2. The Labute approximate surface area is 116 Å². The van der Waals surface area contributed by atoms with Gasteiger partial charge in [0.25, 0.3) is 0 Å². The topological polar surface area (TPSA) is 56.8 Å². The summed E-state index contributed by atoms with van der Waals surface area (Å²) in [5, 5.41) is 10.9. The molecule has 1 saturated heterocycles. The highest BCUT2D eigenvalue weighted by Crippen LogP contribution is 2.22. The minimum atomic E-state index is 0.465. The number of rotatable bonds is 6. The maximum absolute atomic E-state index is 4.64. The van der Waals surface area contributed by atoms with Crippen LogP contribution in [0.2, 0.25) is 0 Å². The van der Waals surface area contributed by atoms with Gasteiger partial charge >= 0.3 is 0 Å². The van der Waals surface area contributed by atoms with Gasteiger partial charge in [-0.3, -0.25) is 5.10 Å². The zero-order chi connectivity index (χ0) is 13.7. The number of aromatic amines is 1. The lowest BCUT2D eigenvalue weighted by Crippen LogP contribution is -2.37. The number of hydrogen-bond acceptors (Lipinski definition) is 4. The van der Waals surface area contributed by atoms with Gasteiger partial charge in [0.15, 0.2) is 0 Å². The molecule has 0 aliphatic carbocycles. The normalized spacial score (nSPS) is 18.8. The van der Waals surface area contributed by atoms with Gasteiger partial charge in [0.05, 0.1) is 0 Å². The van der Waals surface area contributed by atoms with Gasteiger partial charge < -0.3 is 10.2 Å². The van der Waals surface area contributed by atoms with Crippen molar-refractivity contribution in [3.8, 4) is 0 Å². The second kappa shape index (κ2) is 6.89. The van der Waals surface area contributed by atoms with E-state index < -0.39 is 0 Å². The third-order valence-electron chi connectivity index (χ3n) is 4.15. The lowest BCUT2D eigenvalue weighted by molar-refractivity contribution is 0.384. The first-order valence-corrected chi connectivity index (χ1v) is 7.62. The molecule has 1 aliphatic rings. The van der Waals surface area contributed by atoms with E-state index in [-0.39, 0.29) is 0 Å². The second-order valence-corrected chi connectivity index (χ2v) is 5.57. The van der Waals surface area contributed by atoms with E-state index in [2.05, 4.69) is 46.2 Å². The Kier molecular flexibility index (Phi) is 5.19. The molecule has 1 aliphatic heterocycles. The van der Waals surface area contributed by atoms with Crippen molar-refractivity contribution >= 4 is 5.95 Å². The van der Waals surface area contributed by atoms with Gasteiger partial charge in [-0.05, 0) is 38.3 Å². The molecule has 19 heavy (non-hydrogen) atoms. The predicted molar refractivity (Wildman–Crippen MR) is 78.6 cm³/mol. The number of aromatic nitrogens is 3. The van der Waals surface area contributed by atoms with E-state index in [1.54, 1.807) is 0 Å². The number of piperidine rings is 1. The standard InChI is InChI=1S/C14H27N5/c1-4-11(3)13-16-14(18-17-13)19-8-6-12(7-9-19)10-15-5-2/h11-12,15H,4-10H2,1-3H3,(H,16,17,18). The summed E-state index contributed by atoms with van der Waals surface area (Å²) < 4.78 is 0. The zero-order valence-corrected chi connectivity index (χ0v) is 12.4. The smallest absolute Gasteiger partial charge is 0.244 e. The average Bonchev–Trinajstić information content (AvgIpc) is 2.94. The monoisotopic (exact) mass is 265 g/mol. The summed E-state index contributed by atoms with van der Waals surface area (Å²) in [5.41, 5.74) is 0. The summed E-state index contributed by atoms with van der Waals surface area (Å²) in [6.45, 7) is 10.9. The molecular weight excluding hydrogens is 238 g/mol. The molecule has 0 aromatic carbocycles. The molecular formula is C14H27N5. The Morgan fingerprint density at radius 1 is 1.37 bits per heavy atom. The first kappa shape index (κ1) is 14.3. The van der Waals surface area contributed by atoms with Crippen molar-refractivity contribution in [2.24, 2.45) is 5.92 Å². The van der Waals surface area contributed by atoms with Crippen molar-refractivity contribution < 1.29 is 0 Å². The minimum absolute atomic E-state index is 0.465. The summed E-state index contributed by atoms with van der Waals surface area (Å²) in [6, 6.07) is 0. The van der Waals surface area contributed by atoms with Crippen molar-refractivity contribution in [3.63, 3.8) is 0 Å². The molecule has 1 unspecified atom stereocenters. The number of H-pyrrole nitrogens is 1. The molecule has 0 spiro atoms. The summed E-state index contributed by atoms with van der Waals surface area (Å²) in [7, 11) is 0. The van der Waals surface area contributed by atoms with Crippen LogP contribution in [0.1, 0.15) is 51.8 Å². The fraction of sp³-hybridized carbons (Fsp3) is 0.857. The first-order valence-electron chi connectivity index (χ1n) is 7.62. The Morgan fingerprint density at radius 2 is 2.11 bits per heavy atom. The molecule has 1 aromatic heterocycles. The highest BCUT2D eigenvalue weighted by molar-refractivity contribution is 5.29. The lowest BCUT2D eigenvalue weighted by Gasteiger charge is -2.31. The van der Waals surface area contributed by atoms with Crippen LogP contribution in [0.25, 0.3) is 0 Å². The van der Waals surface area contributed by atoms with Crippen LogP contribution < -0.4 is 10.2 Å². The van der Waals surface area contributed by atoms with Crippen molar-refractivity contribution in [1.29, 1.82) is 0 Å². The summed E-state index contributed by atoms with van der Waals surface area (Å²) in [6.07, 6.45) is 3.57. The molecule has 5 heteroatoms. The average molecular weight is 265 g/mol. The highest BCUT2D eigenvalue weighted by Gasteiger charge is 2.22. The van der Waals surface area contributed by atoms with E-state index in [4.69, 9.17) is 0 Å². The van der Waals surface area contributed by atoms with E-state index in [0.717, 1.165) is 50.3 Å². The molecule has 1 atom stereocenters. The fourth-order valence-corrected chi connectivity index (χ4v) is 2.51. The molecule has 1 fully saturated rings. The van der Waals surface area contributed by atoms with Gasteiger partial charge in [-0.15, -0.1) is 5.10 Å². The SMILES string of the molecule is CCNCC1CCN(c2n[nH]c(C(C)CC)n2)CC1. The van der Waals surface area contributed by atoms with Crippen LogP contribution in [0.4, 0.5) is 5.95 Å². The molecule has 0 amide bonds. The molecule has 1 aromatic rings. The predicted octanol–water partition coefficient (Wildman–Crippen LogP) is 2.14. The van der Waals surface area contributed by atoms with E-state index in [9.17, 15) is 0 Å².